The van der Waals surface area contributed by atoms with Gasteiger partial charge in [-0.1, -0.05) is 12.1 Å². The summed E-state index contributed by atoms with van der Waals surface area (Å²) < 4.78 is 5.09. The molecule has 0 spiro atoms. The molecule has 0 saturated carbocycles. The summed E-state index contributed by atoms with van der Waals surface area (Å²) in [6, 6.07) is 6.63. The van der Waals surface area contributed by atoms with E-state index in [9.17, 15) is 4.79 Å². The van der Waals surface area contributed by atoms with Crippen LogP contribution in [0.3, 0.4) is 0 Å². The van der Waals surface area contributed by atoms with Gasteiger partial charge in [0.1, 0.15) is 5.75 Å². The maximum absolute atomic E-state index is 10.5. The van der Waals surface area contributed by atoms with Gasteiger partial charge in [-0.25, -0.2) is 4.79 Å². The second-order valence-electron chi connectivity index (χ2n) is 2.90. The molecule has 0 radical (unpaired) electrons. The lowest BCUT2D eigenvalue weighted by atomic mass is 10.2. The summed E-state index contributed by atoms with van der Waals surface area (Å²) in [5.74, 6) is -0.520. The lowest BCUT2D eigenvalue weighted by Crippen LogP contribution is -2.22. The molecule has 0 bridgehead atoms. The molecule has 14 heavy (non-hydrogen) atoms. The Labute approximate surface area is 81.8 Å². The molecule has 1 aromatic carbocycles. The summed E-state index contributed by atoms with van der Waals surface area (Å²) in [5, 5.41) is 17.3. The van der Waals surface area contributed by atoms with Crippen LogP contribution in [0.25, 0.3) is 0 Å². The maximum Gasteiger partial charge on any atom is 0.344 e. The quantitative estimate of drug-likeness (QED) is 0.754. The number of aliphatic hydroxyl groups excluding tert-OH is 1. The first kappa shape index (κ1) is 10.5. The Hall–Kier alpha value is -1.55. The lowest BCUT2D eigenvalue weighted by molar-refractivity contribution is -0.144. The number of carboxylic acid groups (broad SMARTS) is 1. The van der Waals surface area contributed by atoms with Crippen LogP contribution in [0.1, 0.15) is 12.5 Å². The van der Waals surface area contributed by atoms with E-state index in [0.717, 1.165) is 5.56 Å². The van der Waals surface area contributed by atoms with Crippen LogP contribution in [0.4, 0.5) is 0 Å². The van der Waals surface area contributed by atoms with Crippen molar-refractivity contribution in [3.05, 3.63) is 29.8 Å². The third kappa shape index (κ3) is 2.74. The number of hydrogen-bond donors (Lipinski definition) is 2. The number of ether oxygens (including phenoxy) is 1. The molecule has 1 atom stereocenters. The first-order valence-electron chi connectivity index (χ1n) is 4.22. The van der Waals surface area contributed by atoms with Crippen LogP contribution in [-0.2, 0) is 11.4 Å². The smallest absolute Gasteiger partial charge is 0.344 e. The molecule has 1 aromatic rings. The molecule has 0 saturated heterocycles. The van der Waals surface area contributed by atoms with Gasteiger partial charge in [-0.3, -0.25) is 0 Å². The Morgan fingerprint density at radius 2 is 2.00 bits per heavy atom. The normalized spacial score (nSPS) is 12.1. The lowest BCUT2D eigenvalue weighted by Gasteiger charge is -2.10. The van der Waals surface area contributed by atoms with E-state index in [0.29, 0.717) is 5.75 Å². The highest BCUT2D eigenvalue weighted by atomic mass is 16.5. The Morgan fingerprint density at radius 1 is 1.43 bits per heavy atom. The van der Waals surface area contributed by atoms with Crippen LogP contribution in [0.5, 0.6) is 5.75 Å². The standard InChI is InChI=1S/C10H12O4/c1-7(10(12)13)14-9-4-2-8(6-11)3-5-9/h2-5,7,11H,6H2,1H3,(H,12,13)/t7-/m1/s1. The van der Waals surface area contributed by atoms with Crippen molar-refractivity contribution in [2.45, 2.75) is 19.6 Å². The fourth-order valence-corrected chi connectivity index (χ4v) is 0.928. The van der Waals surface area contributed by atoms with Crippen LogP contribution in [0.2, 0.25) is 0 Å². The number of hydrogen-bond acceptors (Lipinski definition) is 3. The van der Waals surface area contributed by atoms with Gasteiger partial charge >= 0.3 is 5.97 Å². The molecule has 0 fully saturated rings. The van der Waals surface area contributed by atoms with Crippen LogP contribution in [0.15, 0.2) is 24.3 Å². The first-order valence-corrected chi connectivity index (χ1v) is 4.22. The average Bonchev–Trinajstić information content (AvgIpc) is 2.19. The van der Waals surface area contributed by atoms with Gasteiger partial charge in [0.2, 0.25) is 0 Å². The van der Waals surface area contributed by atoms with Crippen molar-refractivity contribution in [1.82, 2.24) is 0 Å². The molecule has 4 nitrogen and oxygen atoms in total. The highest BCUT2D eigenvalue weighted by Crippen LogP contribution is 2.13. The van der Waals surface area contributed by atoms with Gasteiger partial charge in [0.25, 0.3) is 0 Å². The van der Waals surface area contributed by atoms with Gasteiger partial charge in [-0.2, -0.15) is 0 Å². The van der Waals surface area contributed by atoms with E-state index >= 15 is 0 Å². The molecule has 4 heteroatoms. The topological polar surface area (TPSA) is 66.8 Å². The monoisotopic (exact) mass is 196 g/mol. The van der Waals surface area contributed by atoms with E-state index in [-0.39, 0.29) is 6.61 Å². The Kier molecular flexibility index (Phi) is 3.48. The largest absolute Gasteiger partial charge is 0.479 e. The summed E-state index contributed by atoms with van der Waals surface area (Å²) >= 11 is 0. The predicted octanol–water partition coefficient (Wildman–Crippen LogP) is 1.03. The van der Waals surface area contributed by atoms with E-state index in [1.807, 2.05) is 0 Å². The van der Waals surface area contributed by atoms with Crippen molar-refractivity contribution < 1.29 is 19.7 Å². The summed E-state index contributed by atoms with van der Waals surface area (Å²) in [7, 11) is 0. The zero-order valence-electron chi connectivity index (χ0n) is 7.80. The second kappa shape index (κ2) is 4.62. The van der Waals surface area contributed by atoms with Gasteiger partial charge in [0, 0.05) is 0 Å². The SMILES string of the molecule is C[C@@H](Oc1ccc(CO)cc1)C(=O)O. The van der Waals surface area contributed by atoms with Gasteiger partial charge in [-0.05, 0) is 24.6 Å². The molecule has 76 valence electrons. The van der Waals surface area contributed by atoms with Gasteiger partial charge in [0.05, 0.1) is 6.61 Å². The highest BCUT2D eigenvalue weighted by molar-refractivity contribution is 5.72. The molecule has 0 amide bonds. The molecule has 0 aliphatic carbocycles. The van der Waals surface area contributed by atoms with Gasteiger partial charge in [-0.15, -0.1) is 0 Å². The van der Waals surface area contributed by atoms with Crippen LogP contribution >= 0.6 is 0 Å². The fourth-order valence-electron chi connectivity index (χ4n) is 0.928. The minimum atomic E-state index is -1.00. The number of benzene rings is 1. The van der Waals surface area contributed by atoms with Crippen molar-refractivity contribution in [2.24, 2.45) is 0 Å². The van der Waals surface area contributed by atoms with Crippen molar-refractivity contribution in [3.8, 4) is 5.75 Å². The van der Waals surface area contributed by atoms with Gasteiger partial charge < -0.3 is 14.9 Å². The number of carboxylic acids is 1. The molecule has 1 rings (SSSR count). The predicted molar refractivity (Wildman–Crippen MR) is 50.1 cm³/mol. The second-order valence-corrected chi connectivity index (χ2v) is 2.90. The number of carbonyl (C=O) groups is 1. The molecule has 0 aliphatic heterocycles. The fraction of sp³-hybridized carbons (Fsp3) is 0.300. The molecule has 0 unspecified atom stereocenters. The number of aliphatic carboxylic acids is 1. The molecule has 0 heterocycles. The first-order chi connectivity index (χ1) is 6.63. The van der Waals surface area contributed by atoms with E-state index in [1.54, 1.807) is 24.3 Å². The summed E-state index contributed by atoms with van der Waals surface area (Å²) in [6.45, 7) is 1.43. The Bertz CT molecular complexity index is 304. The van der Waals surface area contributed by atoms with E-state index in [4.69, 9.17) is 14.9 Å². The summed E-state index contributed by atoms with van der Waals surface area (Å²) in [5.41, 5.74) is 0.764. The van der Waals surface area contributed by atoms with E-state index < -0.39 is 12.1 Å². The zero-order chi connectivity index (χ0) is 10.6. The molecular formula is C10H12O4. The third-order valence-electron chi connectivity index (χ3n) is 1.77. The Morgan fingerprint density at radius 3 is 2.43 bits per heavy atom. The van der Waals surface area contributed by atoms with Crippen LogP contribution in [-0.4, -0.2) is 22.3 Å². The molecule has 0 aromatic heterocycles. The minimum absolute atomic E-state index is 0.0330. The van der Waals surface area contributed by atoms with E-state index in [1.165, 1.54) is 6.92 Å². The summed E-state index contributed by atoms with van der Waals surface area (Å²) in [4.78, 5) is 10.5. The average molecular weight is 196 g/mol. The minimum Gasteiger partial charge on any atom is -0.479 e. The third-order valence-corrected chi connectivity index (χ3v) is 1.77. The van der Waals surface area contributed by atoms with E-state index in [2.05, 4.69) is 0 Å². The van der Waals surface area contributed by atoms with Crippen molar-refractivity contribution in [2.75, 3.05) is 0 Å². The Balaban J connectivity index is 2.64. The maximum atomic E-state index is 10.5. The number of rotatable bonds is 4. The van der Waals surface area contributed by atoms with Crippen molar-refractivity contribution >= 4 is 5.97 Å². The molecular weight excluding hydrogens is 184 g/mol. The highest BCUT2D eigenvalue weighted by Gasteiger charge is 2.11. The molecule has 2 N–H and O–H groups in total. The molecule has 0 aliphatic rings. The van der Waals surface area contributed by atoms with Gasteiger partial charge in [0.15, 0.2) is 6.10 Å². The number of aliphatic hydroxyl groups is 1. The van der Waals surface area contributed by atoms with Crippen LogP contribution in [0, 0.1) is 0 Å². The van der Waals surface area contributed by atoms with Crippen LogP contribution < -0.4 is 4.74 Å². The van der Waals surface area contributed by atoms with Crippen molar-refractivity contribution in [3.63, 3.8) is 0 Å². The van der Waals surface area contributed by atoms with Crippen molar-refractivity contribution in [1.29, 1.82) is 0 Å². The summed E-state index contributed by atoms with van der Waals surface area (Å²) in [6.07, 6.45) is -0.866. The zero-order valence-corrected chi connectivity index (χ0v) is 7.80.